The molecule has 0 atom stereocenters. The molecule has 160 valence electrons. The van der Waals surface area contributed by atoms with Crippen LogP contribution in [0.4, 0.5) is 22.7 Å². The molecule has 1 aliphatic heterocycles. The summed E-state index contributed by atoms with van der Waals surface area (Å²) in [7, 11) is 1.38. The van der Waals surface area contributed by atoms with Gasteiger partial charge in [0.2, 0.25) is 0 Å². The van der Waals surface area contributed by atoms with Crippen LogP contribution in [0.3, 0.4) is 0 Å². The summed E-state index contributed by atoms with van der Waals surface area (Å²) < 4.78 is 5.17. The third-order valence-corrected chi connectivity index (χ3v) is 5.39. The number of hydrogen-bond donors (Lipinski definition) is 4. The van der Waals surface area contributed by atoms with E-state index in [0.29, 0.717) is 28.9 Å². The fraction of sp³-hybridized carbons (Fsp3) is 0.217. The summed E-state index contributed by atoms with van der Waals surface area (Å²) in [5.74, 6) is 0.243. The molecule has 0 bridgehead atoms. The van der Waals surface area contributed by atoms with Crippen molar-refractivity contribution in [3.8, 4) is 22.6 Å². The van der Waals surface area contributed by atoms with Gasteiger partial charge in [-0.1, -0.05) is 6.07 Å². The van der Waals surface area contributed by atoms with Gasteiger partial charge in [-0.15, -0.1) is 0 Å². The Morgan fingerprint density at radius 2 is 1.81 bits per heavy atom. The molecule has 0 amide bonds. The Bertz CT molecular complexity index is 1180. The molecule has 4 rings (SSSR count). The highest BCUT2D eigenvalue weighted by Crippen LogP contribution is 2.41. The van der Waals surface area contributed by atoms with Gasteiger partial charge in [0.05, 0.1) is 29.0 Å². The molecule has 8 heteroatoms. The van der Waals surface area contributed by atoms with Gasteiger partial charge < -0.3 is 25.6 Å². The minimum absolute atomic E-state index is 0.0975. The zero-order chi connectivity index (χ0) is 22.3. The van der Waals surface area contributed by atoms with E-state index >= 15 is 0 Å². The second-order valence-electron chi connectivity index (χ2n) is 7.96. The SMILES string of the molecule is COc1cc(-c2cc(O)c3c(c2)Nc2cc(C(C)(C)O)ccc2NC3)ccc1[N+](=O)[O-]. The first kappa shape index (κ1) is 20.5. The van der Waals surface area contributed by atoms with Crippen LogP contribution in [0.2, 0.25) is 0 Å². The molecule has 0 radical (unpaired) electrons. The topological polar surface area (TPSA) is 117 Å². The van der Waals surface area contributed by atoms with Gasteiger partial charge in [0.15, 0.2) is 5.75 Å². The molecule has 4 N–H and O–H groups in total. The molecular formula is C23H23N3O5. The number of methoxy groups -OCH3 is 1. The van der Waals surface area contributed by atoms with E-state index in [2.05, 4.69) is 10.6 Å². The lowest BCUT2D eigenvalue weighted by Gasteiger charge is -2.20. The Morgan fingerprint density at radius 3 is 2.48 bits per heavy atom. The number of nitro benzene ring substituents is 1. The number of phenolic OH excluding ortho intramolecular Hbond substituents is 1. The van der Waals surface area contributed by atoms with Crippen molar-refractivity contribution in [1.29, 1.82) is 0 Å². The van der Waals surface area contributed by atoms with E-state index in [1.165, 1.54) is 13.2 Å². The molecule has 0 fully saturated rings. The van der Waals surface area contributed by atoms with Crippen LogP contribution >= 0.6 is 0 Å². The first-order chi connectivity index (χ1) is 14.7. The van der Waals surface area contributed by atoms with Gasteiger partial charge in [0.1, 0.15) is 5.75 Å². The van der Waals surface area contributed by atoms with Crippen LogP contribution in [0, 0.1) is 10.1 Å². The van der Waals surface area contributed by atoms with Crippen molar-refractivity contribution >= 4 is 22.7 Å². The van der Waals surface area contributed by atoms with Crippen molar-refractivity contribution in [1.82, 2.24) is 0 Å². The maximum atomic E-state index is 11.2. The third-order valence-electron chi connectivity index (χ3n) is 5.39. The van der Waals surface area contributed by atoms with Crippen molar-refractivity contribution in [3.63, 3.8) is 0 Å². The summed E-state index contributed by atoms with van der Waals surface area (Å²) in [5, 5.41) is 38.9. The van der Waals surface area contributed by atoms with Crippen molar-refractivity contribution in [2.24, 2.45) is 0 Å². The first-order valence-corrected chi connectivity index (χ1v) is 9.74. The number of nitrogens with zero attached hydrogens (tertiary/aromatic N) is 1. The summed E-state index contributed by atoms with van der Waals surface area (Å²) in [6.07, 6.45) is 0. The molecule has 0 saturated carbocycles. The molecule has 1 heterocycles. The number of rotatable bonds is 4. The van der Waals surface area contributed by atoms with E-state index in [1.54, 1.807) is 32.0 Å². The summed E-state index contributed by atoms with van der Waals surface area (Å²) in [6, 6.07) is 13.7. The summed E-state index contributed by atoms with van der Waals surface area (Å²) in [4.78, 5) is 10.7. The fourth-order valence-corrected chi connectivity index (χ4v) is 3.64. The largest absolute Gasteiger partial charge is 0.507 e. The van der Waals surface area contributed by atoms with Gasteiger partial charge in [-0.25, -0.2) is 0 Å². The minimum Gasteiger partial charge on any atom is -0.507 e. The van der Waals surface area contributed by atoms with E-state index in [-0.39, 0.29) is 17.2 Å². The van der Waals surface area contributed by atoms with Gasteiger partial charge in [-0.2, -0.15) is 0 Å². The zero-order valence-corrected chi connectivity index (χ0v) is 17.4. The molecule has 0 spiro atoms. The van der Waals surface area contributed by atoms with Crippen LogP contribution in [0.15, 0.2) is 48.5 Å². The molecule has 3 aromatic carbocycles. The fourth-order valence-electron chi connectivity index (χ4n) is 3.64. The predicted molar refractivity (Wildman–Crippen MR) is 119 cm³/mol. The minimum atomic E-state index is -0.995. The highest BCUT2D eigenvalue weighted by atomic mass is 16.6. The smallest absolute Gasteiger partial charge is 0.310 e. The maximum Gasteiger partial charge on any atom is 0.310 e. The Labute approximate surface area is 179 Å². The molecule has 31 heavy (non-hydrogen) atoms. The number of benzene rings is 3. The highest BCUT2D eigenvalue weighted by molar-refractivity contribution is 5.83. The average Bonchev–Trinajstić information content (AvgIpc) is 2.91. The zero-order valence-electron chi connectivity index (χ0n) is 17.4. The molecule has 0 saturated heterocycles. The summed E-state index contributed by atoms with van der Waals surface area (Å²) in [5.41, 5.74) is 4.00. The second kappa shape index (κ2) is 7.48. The number of phenols is 1. The van der Waals surface area contributed by atoms with E-state index in [1.807, 2.05) is 24.3 Å². The standard InChI is InChI=1S/C23H23N3O5/c1-23(2,28)15-5-6-17-19(11-15)25-18-8-14(9-21(27)16(18)12-24-17)13-4-7-20(26(29)30)22(10-13)31-3/h4-11,24-25,27-28H,12H2,1-3H3. The highest BCUT2D eigenvalue weighted by Gasteiger charge is 2.22. The molecular weight excluding hydrogens is 398 g/mol. The molecule has 3 aromatic rings. The Hall–Kier alpha value is -3.78. The number of nitro groups is 1. The van der Waals surface area contributed by atoms with E-state index in [4.69, 9.17) is 4.74 Å². The normalized spacial score (nSPS) is 12.6. The third kappa shape index (κ3) is 3.85. The molecule has 1 aliphatic rings. The first-order valence-electron chi connectivity index (χ1n) is 9.74. The van der Waals surface area contributed by atoms with Crippen molar-refractivity contribution < 1.29 is 19.9 Å². The lowest BCUT2D eigenvalue weighted by molar-refractivity contribution is -0.385. The number of anilines is 3. The van der Waals surface area contributed by atoms with Gasteiger partial charge in [-0.3, -0.25) is 10.1 Å². The molecule has 8 nitrogen and oxygen atoms in total. The lowest BCUT2D eigenvalue weighted by atomic mass is 9.97. The summed E-state index contributed by atoms with van der Waals surface area (Å²) >= 11 is 0. The van der Waals surface area contributed by atoms with Gasteiger partial charge >= 0.3 is 5.69 Å². The maximum absolute atomic E-state index is 11.2. The Morgan fingerprint density at radius 1 is 1.03 bits per heavy atom. The van der Waals surface area contributed by atoms with Crippen molar-refractivity contribution in [3.05, 3.63) is 69.8 Å². The van der Waals surface area contributed by atoms with E-state index in [0.717, 1.165) is 16.9 Å². The van der Waals surface area contributed by atoms with E-state index < -0.39 is 10.5 Å². The number of aliphatic hydroxyl groups is 1. The lowest BCUT2D eigenvalue weighted by Crippen LogP contribution is -2.15. The number of fused-ring (bicyclic) bond motifs is 2. The van der Waals surface area contributed by atoms with Gasteiger partial charge in [0.25, 0.3) is 0 Å². The monoisotopic (exact) mass is 421 g/mol. The summed E-state index contributed by atoms with van der Waals surface area (Å²) in [6.45, 7) is 3.85. The molecule has 0 aliphatic carbocycles. The van der Waals surface area contributed by atoms with Crippen LogP contribution < -0.4 is 15.4 Å². The van der Waals surface area contributed by atoms with Gasteiger partial charge in [-0.05, 0) is 66.9 Å². The van der Waals surface area contributed by atoms with Crippen LogP contribution in [0.1, 0.15) is 25.0 Å². The predicted octanol–water partition coefficient (Wildman–Crippen LogP) is 4.87. The molecule has 0 unspecified atom stereocenters. The van der Waals surface area contributed by atoms with Crippen LogP contribution in [-0.4, -0.2) is 22.2 Å². The Balaban J connectivity index is 1.78. The van der Waals surface area contributed by atoms with Crippen LogP contribution in [-0.2, 0) is 12.1 Å². The average molecular weight is 421 g/mol. The van der Waals surface area contributed by atoms with Gasteiger partial charge in [0, 0.05) is 23.9 Å². The van der Waals surface area contributed by atoms with Crippen molar-refractivity contribution in [2.75, 3.05) is 17.7 Å². The van der Waals surface area contributed by atoms with Crippen LogP contribution in [0.25, 0.3) is 11.1 Å². The van der Waals surface area contributed by atoms with Crippen LogP contribution in [0.5, 0.6) is 11.5 Å². The number of nitrogens with one attached hydrogen (secondary N) is 2. The molecule has 0 aromatic heterocycles. The second-order valence-corrected chi connectivity index (χ2v) is 7.96. The quantitative estimate of drug-likeness (QED) is 0.351. The van der Waals surface area contributed by atoms with Crippen molar-refractivity contribution in [2.45, 2.75) is 26.0 Å². The number of hydrogen-bond acceptors (Lipinski definition) is 7. The number of ether oxygens (including phenoxy) is 1. The Kier molecular flexibility index (Phi) is 4.94. The number of aromatic hydroxyl groups is 1. The van der Waals surface area contributed by atoms with E-state index in [9.17, 15) is 20.3 Å².